The fourth-order valence-corrected chi connectivity index (χ4v) is 4.98. The smallest absolute Gasteiger partial charge is 0.274 e. The maximum Gasteiger partial charge on any atom is 0.274 e. The molecule has 38 heavy (non-hydrogen) atoms. The van der Waals surface area contributed by atoms with E-state index in [2.05, 4.69) is 38.9 Å². The second-order valence-electron chi connectivity index (χ2n) is 10.0. The number of rotatable bonds is 12. The van der Waals surface area contributed by atoms with Crippen LogP contribution in [0.4, 0.5) is 5.95 Å². The number of amides is 2. The van der Waals surface area contributed by atoms with Crippen molar-refractivity contribution in [2.45, 2.75) is 52.4 Å². The van der Waals surface area contributed by atoms with Crippen LogP contribution in [0, 0.1) is 0 Å². The molecule has 208 valence electrons. The van der Waals surface area contributed by atoms with Crippen molar-refractivity contribution >= 4 is 17.8 Å². The van der Waals surface area contributed by atoms with E-state index in [-0.39, 0.29) is 17.5 Å². The summed E-state index contributed by atoms with van der Waals surface area (Å²) in [6, 6.07) is 1.61. The molecule has 10 nitrogen and oxygen atoms in total. The number of nitrogens with zero attached hydrogens (tertiary/aromatic N) is 5. The van der Waals surface area contributed by atoms with Crippen LogP contribution in [0.5, 0.6) is 5.88 Å². The van der Waals surface area contributed by atoms with Crippen molar-refractivity contribution in [2.75, 3.05) is 70.5 Å². The van der Waals surface area contributed by atoms with Crippen LogP contribution >= 0.6 is 0 Å². The second kappa shape index (κ2) is 14.2. The van der Waals surface area contributed by atoms with Crippen molar-refractivity contribution in [3.8, 4) is 5.88 Å². The molecule has 0 radical (unpaired) electrons. The summed E-state index contributed by atoms with van der Waals surface area (Å²) in [4.78, 5) is 41.8. The first-order valence-corrected chi connectivity index (χ1v) is 14.2. The molecule has 0 bridgehead atoms. The first kappa shape index (κ1) is 28.0. The molecule has 1 aromatic heterocycles. The minimum absolute atomic E-state index is 0.0809. The number of carbonyl (C=O) groups excluding carboxylic acids is 2. The Kier molecular flexibility index (Phi) is 10.5. The van der Waals surface area contributed by atoms with Crippen LogP contribution in [0.1, 0.15) is 62.9 Å². The summed E-state index contributed by atoms with van der Waals surface area (Å²) in [6.07, 6.45) is 9.17. The van der Waals surface area contributed by atoms with E-state index >= 15 is 0 Å². The van der Waals surface area contributed by atoms with Gasteiger partial charge in [0.2, 0.25) is 17.7 Å². The Labute approximate surface area is 226 Å². The van der Waals surface area contributed by atoms with Gasteiger partial charge >= 0.3 is 0 Å². The highest BCUT2D eigenvalue weighted by atomic mass is 16.5. The molecule has 0 unspecified atom stereocenters. The maximum atomic E-state index is 13.3. The summed E-state index contributed by atoms with van der Waals surface area (Å²) in [5.74, 6) is 0.638. The SMILES string of the molecule is CCCN(CCC)c1nc(OCCN2CCOCC2)cc(C(=O)NC2=CCCC(C(=O)N3CCCC3)=C2)n1. The summed E-state index contributed by atoms with van der Waals surface area (Å²) in [5.41, 5.74) is 1.64. The number of aromatic nitrogens is 2. The molecule has 2 saturated heterocycles. The number of nitrogens with one attached hydrogen (secondary N) is 1. The molecule has 1 aromatic rings. The molecule has 0 aromatic carbocycles. The monoisotopic (exact) mass is 526 g/mol. The highest BCUT2D eigenvalue weighted by Crippen LogP contribution is 2.22. The van der Waals surface area contributed by atoms with Gasteiger partial charge in [-0.05, 0) is 44.6 Å². The number of carbonyl (C=O) groups is 2. The van der Waals surface area contributed by atoms with Gasteiger partial charge in [-0.3, -0.25) is 14.5 Å². The second-order valence-corrected chi connectivity index (χ2v) is 10.0. The largest absolute Gasteiger partial charge is 0.476 e. The molecule has 3 heterocycles. The van der Waals surface area contributed by atoms with Gasteiger partial charge in [-0.2, -0.15) is 4.98 Å². The average Bonchev–Trinajstić information content (AvgIpc) is 3.48. The van der Waals surface area contributed by atoms with E-state index in [1.165, 1.54) is 0 Å². The summed E-state index contributed by atoms with van der Waals surface area (Å²) in [5, 5.41) is 2.96. The normalized spacial score (nSPS) is 18.1. The van der Waals surface area contributed by atoms with Gasteiger partial charge in [-0.25, -0.2) is 4.98 Å². The lowest BCUT2D eigenvalue weighted by Crippen LogP contribution is -2.38. The van der Waals surface area contributed by atoms with Gasteiger partial charge in [-0.15, -0.1) is 0 Å². The Balaban J connectivity index is 1.48. The Bertz CT molecular complexity index is 1010. The summed E-state index contributed by atoms with van der Waals surface area (Å²) < 4.78 is 11.4. The molecule has 4 rings (SSSR count). The predicted octanol–water partition coefficient (Wildman–Crippen LogP) is 2.77. The summed E-state index contributed by atoms with van der Waals surface area (Å²) in [7, 11) is 0. The number of morpholine rings is 1. The lowest BCUT2D eigenvalue weighted by atomic mass is 10.0. The average molecular weight is 527 g/mol. The Morgan fingerprint density at radius 3 is 2.53 bits per heavy atom. The van der Waals surface area contributed by atoms with Gasteiger partial charge in [0.1, 0.15) is 12.3 Å². The van der Waals surface area contributed by atoms with Crippen LogP contribution in [-0.2, 0) is 9.53 Å². The molecule has 2 fully saturated rings. The van der Waals surface area contributed by atoms with Crippen molar-refractivity contribution in [1.29, 1.82) is 0 Å². The van der Waals surface area contributed by atoms with Gasteiger partial charge in [-0.1, -0.05) is 19.9 Å². The quantitative estimate of drug-likeness (QED) is 0.444. The molecule has 1 N–H and O–H groups in total. The van der Waals surface area contributed by atoms with Crippen molar-refractivity contribution in [2.24, 2.45) is 0 Å². The highest BCUT2D eigenvalue weighted by molar-refractivity contribution is 5.96. The number of anilines is 1. The summed E-state index contributed by atoms with van der Waals surface area (Å²) >= 11 is 0. The lowest BCUT2D eigenvalue weighted by Gasteiger charge is -2.26. The number of hydrogen-bond donors (Lipinski definition) is 1. The van der Waals surface area contributed by atoms with E-state index in [0.29, 0.717) is 37.0 Å². The van der Waals surface area contributed by atoms with Crippen LogP contribution in [0.15, 0.2) is 29.5 Å². The van der Waals surface area contributed by atoms with E-state index in [1.807, 2.05) is 17.1 Å². The maximum absolute atomic E-state index is 13.3. The zero-order valence-corrected chi connectivity index (χ0v) is 22.9. The Morgan fingerprint density at radius 1 is 1.08 bits per heavy atom. The Hall–Kier alpha value is -2.98. The van der Waals surface area contributed by atoms with Crippen molar-refractivity contribution in [1.82, 2.24) is 25.1 Å². The van der Waals surface area contributed by atoms with Crippen LogP contribution in [0.25, 0.3) is 0 Å². The molecule has 1 aliphatic carbocycles. The third kappa shape index (κ3) is 7.77. The minimum Gasteiger partial charge on any atom is -0.476 e. The van der Waals surface area contributed by atoms with Crippen LogP contribution in [0.3, 0.4) is 0 Å². The van der Waals surface area contributed by atoms with Crippen LogP contribution < -0.4 is 15.0 Å². The third-order valence-corrected chi connectivity index (χ3v) is 6.99. The van der Waals surface area contributed by atoms with Crippen molar-refractivity contribution in [3.05, 3.63) is 35.2 Å². The van der Waals surface area contributed by atoms with Crippen LogP contribution in [-0.4, -0.2) is 97.2 Å². The van der Waals surface area contributed by atoms with Crippen molar-refractivity contribution < 1.29 is 19.1 Å². The van der Waals surface area contributed by atoms with E-state index in [1.54, 1.807) is 6.07 Å². The molecule has 2 amide bonds. The molecule has 0 atom stereocenters. The standard InChI is InChI=1S/C28H42N6O4/c1-3-10-34(11-4-2)28-30-24(21-25(31-28)38-19-16-32-14-17-37-18-15-32)26(35)29-23-9-7-8-22(20-23)27(36)33-12-5-6-13-33/h9,20-21H,3-8,10-19H2,1-2H3,(H,29,35). The lowest BCUT2D eigenvalue weighted by molar-refractivity contribution is -0.126. The molecule has 0 saturated carbocycles. The van der Waals surface area contributed by atoms with Gasteiger partial charge in [0.15, 0.2) is 0 Å². The first-order chi connectivity index (χ1) is 18.6. The number of likely N-dealkylation sites (tertiary alicyclic amines) is 1. The zero-order valence-electron chi connectivity index (χ0n) is 22.9. The molecule has 2 aliphatic heterocycles. The number of allylic oxidation sites excluding steroid dienone is 2. The van der Waals surface area contributed by atoms with Crippen molar-refractivity contribution in [3.63, 3.8) is 0 Å². The van der Waals surface area contributed by atoms with E-state index < -0.39 is 0 Å². The topological polar surface area (TPSA) is 100 Å². The van der Waals surface area contributed by atoms with Gasteiger partial charge in [0.05, 0.1) is 13.2 Å². The van der Waals surface area contributed by atoms with E-state index in [0.717, 1.165) is 90.3 Å². The summed E-state index contributed by atoms with van der Waals surface area (Å²) in [6.45, 7) is 11.9. The fourth-order valence-electron chi connectivity index (χ4n) is 4.98. The van der Waals surface area contributed by atoms with E-state index in [9.17, 15) is 9.59 Å². The first-order valence-electron chi connectivity index (χ1n) is 14.2. The molecular formula is C28H42N6O4. The number of hydrogen-bond acceptors (Lipinski definition) is 8. The number of ether oxygens (including phenoxy) is 2. The van der Waals surface area contributed by atoms with Gasteiger partial charge in [0, 0.05) is 63.1 Å². The fraction of sp³-hybridized carbons (Fsp3) is 0.643. The molecule has 3 aliphatic rings. The van der Waals surface area contributed by atoms with Gasteiger partial charge in [0.25, 0.3) is 5.91 Å². The van der Waals surface area contributed by atoms with E-state index in [4.69, 9.17) is 9.47 Å². The highest BCUT2D eigenvalue weighted by Gasteiger charge is 2.24. The van der Waals surface area contributed by atoms with Crippen LogP contribution in [0.2, 0.25) is 0 Å². The third-order valence-electron chi connectivity index (χ3n) is 6.99. The predicted molar refractivity (Wildman–Crippen MR) is 146 cm³/mol. The molecular weight excluding hydrogens is 484 g/mol. The van der Waals surface area contributed by atoms with Gasteiger partial charge < -0.3 is 24.6 Å². The molecule has 10 heteroatoms. The zero-order chi connectivity index (χ0) is 26.7. The molecule has 0 spiro atoms. The Morgan fingerprint density at radius 2 is 1.82 bits per heavy atom. The minimum atomic E-state index is -0.336.